The van der Waals surface area contributed by atoms with Crippen LogP contribution in [0.5, 0.6) is 0 Å². The molecule has 0 saturated heterocycles. The summed E-state index contributed by atoms with van der Waals surface area (Å²) in [7, 11) is 0.866. The maximum Gasteiger partial charge on any atom is 0.364 e. The van der Waals surface area contributed by atoms with Crippen LogP contribution in [0.25, 0.3) is 0 Å². The lowest BCUT2D eigenvalue weighted by molar-refractivity contribution is 0.224. The molecule has 1 atom stereocenters. The third-order valence-electron chi connectivity index (χ3n) is 3.78. The molecule has 0 aliphatic carbocycles. The van der Waals surface area contributed by atoms with Crippen molar-refractivity contribution < 1.29 is 17.7 Å². The molecule has 0 bridgehead atoms. The van der Waals surface area contributed by atoms with E-state index >= 15 is 0 Å². The van der Waals surface area contributed by atoms with Gasteiger partial charge in [0.15, 0.2) is 0 Å². The summed E-state index contributed by atoms with van der Waals surface area (Å²) >= 11 is 0. The molecule has 6 nitrogen and oxygen atoms in total. The van der Waals surface area contributed by atoms with E-state index in [9.17, 15) is 0 Å². The van der Waals surface area contributed by atoms with E-state index in [2.05, 4.69) is 18.8 Å². The standard InChI is InChI=1S/C14H34N2O4Si2/c1-6-22(18-3,19-4)14-8-12-20-21(5,17-2)13-7-10-16-11-9-15/h8,14,16H,6-7,9-13,15H2,1-5H3. The van der Waals surface area contributed by atoms with Gasteiger partial charge in [0.05, 0.1) is 6.61 Å². The molecule has 3 N–H and O–H groups in total. The zero-order valence-electron chi connectivity index (χ0n) is 14.8. The van der Waals surface area contributed by atoms with Gasteiger partial charge < -0.3 is 28.8 Å². The third-order valence-corrected chi connectivity index (χ3v) is 9.79. The van der Waals surface area contributed by atoms with E-state index in [4.69, 9.17) is 23.4 Å². The third kappa shape index (κ3) is 8.54. The van der Waals surface area contributed by atoms with Crippen LogP contribution in [-0.2, 0) is 17.7 Å². The average Bonchev–Trinajstić information content (AvgIpc) is 2.55. The summed E-state index contributed by atoms with van der Waals surface area (Å²) in [6.07, 6.45) is 3.03. The topological polar surface area (TPSA) is 75.0 Å². The Morgan fingerprint density at radius 2 is 1.77 bits per heavy atom. The van der Waals surface area contributed by atoms with E-state index < -0.39 is 17.1 Å². The number of rotatable bonds is 14. The Balaban J connectivity index is 4.21. The Bertz CT molecular complexity index is 296. The van der Waals surface area contributed by atoms with Gasteiger partial charge in [0.25, 0.3) is 0 Å². The smallest absolute Gasteiger partial charge is 0.364 e. The van der Waals surface area contributed by atoms with Crippen molar-refractivity contribution in [2.75, 3.05) is 47.6 Å². The molecule has 0 aromatic rings. The Morgan fingerprint density at radius 1 is 1.09 bits per heavy atom. The second-order valence-corrected chi connectivity index (χ2v) is 12.2. The van der Waals surface area contributed by atoms with E-state index in [1.54, 1.807) is 21.3 Å². The number of hydrogen-bond acceptors (Lipinski definition) is 6. The highest BCUT2D eigenvalue weighted by Gasteiger charge is 2.31. The molecule has 0 amide bonds. The summed E-state index contributed by atoms with van der Waals surface area (Å²) < 4.78 is 22.7. The predicted molar refractivity (Wildman–Crippen MR) is 95.3 cm³/mol. The lowest BCUT2D eigenvalue weighted by Crippen LogP contribution is -2.39. The highest BCUT2D eigenvalue weighted by Crippen LogP contribution is 2.16. The first kappa shape index (κ1) is 21.9. The van der Waals surface area contributed by atoms with Crippen molar-refractivity contribution in [3.8, 4) is 0 Å². The molecule has 0 radical (unpaired) electrons. The minimum Gasteiger partial charge on any atom is -0.398 e. The van der Waals surface area contributed by atoms with Crippen molar-refractivity contribution in [1.82, 2.24) is 5.32 Å². The second kappa shape index (κ2) is 12.4. The van der Waals surface area contributed by atoms with Gasteiger partial charge in [0.2, 0.25) is 0 Å². The summed E-state index contributed by atoms with van der Waals surface area (Å²) in [5.41, 5.74) is 7.49. The molecule has 22 heavy (non-hydrogen) atoms. The highest BCUT2D eigenvalue weighted by atomic mass is 28.4. The van der Waals surface area contributed by atoms with Gasteiger partial charge in [-0.1, -0.05) is 13.0 Å². The zero-order chi connectivity index (χ0) is 16.9. The lowest BCUT2D eigenvalue weighted by Gasteiger charge is -2.25. The first-order chi connectivity index (χ1) is 10.5. The van der Waals surface area contributed by atoms with Gasteiger partial charge in [0.1, 0.15) is 0 Å². The van der Waals surface area contributed by atoms with E-state index in [0.717, 1.165) is 31.6 Å². The Morgan fingerprint density at radius 3 is 2.27 bits per heavy atom. The zero-order valence-corrected chi connectivity index (χ0v) is 16.8. The summed E-state index contributed by atoms with van der Waals surface area (Å²) in [5.74, 6) is 0. The van der Waals surface area contributed by atoms with Gasteiger partial charge in [-0.25, -0.2) is 0 Å². The van der Waals surface area contributed by atoms with E-state index in [0.29, 0.717) is 13.2 Å². The predicted octanol–water partition coefficient (Wildman–Crippen LogP) is 1.51. The fourth-order valence-corrected chi connectivity index (χ4v) is 5.51. The van der Waals surface area contributed by atoms with Crippen LogP contribution in [0.1, 0.15) is 13.3 Å². The van der Waals surface area contributed by atoms with Crippen molar-refractivity contribution in [2.45, 2.75) is 32.0 Å². The monoisotopic (exact) mass is 350 g/mol. The summed E-state index contributed by atoms with van der Waals surface area (Å²) in [5, 5.41) is 3.29. The Kier molecular flexibility index (Phi) is 12.3. The van der Waals surface area contributed by atoms with E-state index in [1.165, 1.54) is 0 Å². The number of nitrogens with one attached hydrogen (secondary N) is 1. The van der Waals surface area contributed by atoms with Gasteiger partial charge in [-0.05, 0) is 37.3 Å². The highest BCUT2D eigenvalue weighted by molar-refractivity contribution is 6.72. The second-order valence-electron chi connectivity index (χ2n) is 5.27. The minimum atomic E-state index is -2.17. The molecule has 0 heterocycles. The Labute approximate surface area is 137 Å². The molecule has 0 aromatic heterocycles. The van der Waals surface area contributed by atoms with Crippen molar-refractivity contribution in [2.24, 2.45) is 5.73 Å². The molecular weight excluding hydrogens is 316 g/mol. The van der Waals surface area contributed by atoms with Crippen molar-refractivity contribution in [3.63, 3.8) is 0 Å². The van der Waals surface area contributed by atoms with Crippen LogP contribution in [0.3, 0.4) is 0 Å². The van der Waals surface area contributed by atoms with Crippen molar-refractivity contribution >= 4 is 17.1 Å². The summed E-state index contributed by atoms with van der Waals surface area (Å²) in [4.78, 5) is 0. The van der Waals surface area contributed by atoms with Crippen LogP contribution in [0, 0.1) is 0 Å². The van der Waals surface area contributed by atoms with E-state index in [-0.39, 0.29) is 0 Å². The minimum absolute atomic E-state index is 0.536. The SMILES string of the molecule is CC[Si](C=CCO[Si](C)(CCCNCCN)OC)(OC)OC. The molecule has 0 aromatic carbocycles. The van der Waals surface area contributed by atoms with Gasteiger partial charge in [-0.3, -0.25) is 0 Å². The lowest BCUT2D eigenvalue weighted by atomic mass is 10.5. The molecule has 1 unspecified atom stereocenters. The largest absolute Gasteiger partial charge is 0.398 e. The van der Waals surface area contributed by atoms with Crippen LogP contribution in [0.15, 0.2) is 11.8 Å². The molecule has 0 spiro atoms. The maximum atomic E-state index is 6.00. The van der Waals surface area contributed by atoms with Gasteiger partial charge in [-0.15, -0.1) is 0 Å². The molecule has 132 valence electrons. The van der Waals surface area contributed by atoms with E-state index in [1.807, 2.05) is 11.8 Å². The normalized spacial score (nSPS) is 15.4. The first-order valence-electron chi connectivity index (χ1n) is 7.89. The van der Waals surface area contributed by atoms with Gasteiger partial charge >= 0.3 is 17.1 Å². The van der Waals surface area contributed by atoms with Gasteiger partial charge in [-0.2, -0.15) is 0 Å². The van der Waals surface area contributed by atoms with Crippen molar-refractivity contribution in [1.29, 1.82) is 0 Å². The van der Waals surface area contributed by atoms with Gasteiger partial charge in [0, 0.05) is 34.4 Å². The number of nitrogens with two attached hydrogens (primary N) is 1. The first-order valence-corrected chi connectivity index (χ1v) is 12.5. The Hall–Kier alpha value is -0.0662. The quantitative estimate of drug-likeness (QED) is 0.365. The number of hydrogen-bond donors (Lipinski definition) is 2. The summed E-state index contributed by atoms with van der Waals surface area (Å²) in [6, 6.07) is 1.84. The molecule has 0 saturated carbocycles. The fourth-order valence-electron chi connectivity index (χ4n) is 2.07. The van der Waals surface area contributed by atoms with Crippen LogP contribution in [-0.4, -0.2) is 64.7 Å². The maximum absolute atomic E-state index is 6.00. The van der Waals surface area contributed by atoms with Crippen molar-refractivity contribution in [3.05, 3.63) is 11.8 Å². The van der Waals surface area contributed by atoms with Crippen LogP contribution >= 0.6 is 0 Å². The average molecular weight is 351 g/mol. The molecule has 8 heteroatoms. The van der Waals surface area contributed by atoms with Crippen LogP contribution in [0.4, 0.5) is 0 Å². The van der Waals surface area contributed by atoms with Crippen LogP contribution in [0.2, 0.25) is 18.6 Å². The summed E-state index contributed by atoms with van der Waals surface area (Å²) in [6.45, 7) is 7.18. The molecule has 0 rings (SSSR count). The molecular formula is C14H34N2O4Si2. The fraction of sp³-hybridized carbons (Fsp3) is 0.857. The van der Waals surface area contributed by atoms with Crippen LogP contribution < -0.4 is 11.1 Å². The molecule has 0 aliphatic heterocycles. The molecule has 0 fully saturated rings. The molecule has 0 aliphatic rings.